The van der Waals surface area contributed by atoms with E-state index in [1.165, 1.54) is 12.1 Å². The lowest BCUT2D eigenvalue weighted by Gasteiger charge is -2.16. The molecule has 86 valence electrons. The molecule has 0 bridgehead atoms. The van der Waals surface area contributed by atoms with Crippen molar-refractivity contribution in [3.8, 4) is 0 Å². The number of carbonyl (C=O) groups is 1. The Kier molecular flexibility index (Phi) is 2.92. The summed E-state index contributed by atoms with van der Waals surface area (Å²) in [5.74, 6) is -0.712. The van der Waals surface area contributed by atoms with Crippen LogP contribution in [0.1, 0.15) is 22.3 Å². The largest absolute Gasteiger partial charge is 0.337 e. The van der Waals surface area contributed by atoms with Gasteiger partial charge in [-0.15, -0.1) is 0 Å². The summed E-state index contributed by atoms with van der Waals surface area (Å²) in [6.45, 7) is 2.93. The molecule has 1 fully saturated rings. The van der Waals surface area contributed by atoms with Crippen LogP contribution in [0.4, 0.5) is 4.39 Å². The minimum atomic E-state index is -0.453. The maximum atomic E-state index is 13.6. The first-order valence-corrected chi connectivity index (χ1v) is 5.39. The summed E-state index contributed by atoms with van der Waals surface area (Å²) in [5, 5.41) is 0. The predicted molar refractivity (Wildman–Crippen MR) is 59.6 cm³/mol. The molecule has 0 aliphatic carbocycles. The summed E-state index contributed by atoms with van der Waals surface area (Å²) in [5.41, 5.74) is 6.67. The molecule has 1 heterocycles. The molecule has 1 aromatic carbocycles. The van der Waals surface area contributed by atoms with E-state index >= 15 is 0 Å². The molecular formula is C12H15FN2O. The molecule has 1 amide bonds. The molecule has 1 atom stereocenters. The highest BCUT2D eigenvalue weighted by Gasteiger charge is 2.26. The summed E-state index contributed by atoms with van der Waals surface area (Å²) < 4.78 is 13.6. The van der Waals surface area contributed by atoms with Crippen molar-refractivity contribution in [1.82, 2.24) is 4.90 Å². The highest BCUT2D eigenvalue weighted by Crippen LogP contribution is 2.16. The van der Waals surface area contributed by atoms with E-state index in [1.54, 1.807) is 17.9 Å². The zero-order valence-corrected chi connectivity index (χ0v) is 9.24. The zero-order valence-electron chi connectivity index (χ0n) is 9.24. The monoisotopic (exact) mass is 222 g/mol. The van der Waals surface area contributed by atoms with Gasteiger partial charge in [-0.2, -0.15) is 0 Å². The van der Waals surface area contributed by atoms with Gasteiger partial charge in [0.25, 0.3) is 5.91 Å². The van der Waals surface area contributed by atoms with E-state index in [0.29, 0.717) is 13.1 Å². The summed E-state index contributed by atoms with van der Waals surface area (Å²) >= 11 is 0. The molecule has 2 rings (SSSR count). The molecule has 1 aromatic rings. The Morgan fingerprint density at radius 1 is 1.56 bits per heavy atom. The van der Waals surface area contributed by atoms with Crippen molar-refractivity contribution < 1.29 is 9.18 Å². The quantitative estimate of drug-likeness (QED) is 0.778. The van der Waals surface area contributed by atoms with Crippen LogP contribution in [0.5, 0.6) is 0 Å². The molecule has 3 nitrogen and oxygen atoms in total. The molecule has 0 aromatic heterocycles. The number of rotatable bonds is 1. The van der Waals surface area contributed by atoms with Crippen molar-refractivity contribution >= 4 is 5.91 Å². The third-order valence-electron chi connectivity index (χ3n) is 2.87. The first kappa shape index (κ1) is 11.1. The lowest BCUT2D eigenvalue weighted by molar-refractivity contribution is 0.0786. The van der Waals surface area contributed by atoms with Crippen molar-refractivity contribution in [2.24, 2.45) is 5.73 Å². The van der Waals surface area contributed by atoms with E-state index < -0.39 is 5.82 Å². The van der Waals surface area contributed by atoms with Gasteiger partial charge in [-0.05, 0) is 31.0 Å². The fourth-order valence-corrected chi connectivity index (χ4v) is 1.94. The Hall–Kier alpha value is -1.42. The van der Waals surface area contributed by atoms with Gasteiger partial charge in [0.05, 0.1) is 5.56 Å². The van der Waals surface area contributed by atoms with Crippen molar-refractivity contribution in [1.29, 1.82) is 0 Å². The zero-order chi connectivity index (χ0) is 11.7. The van der Waals surface area contributed by atoms with Gasteiger partial charge in [-0.3, -0.25) is 4.79 Å². The maximum Gasteiger partial charge on any atom is 0.256 e. The molecule has 16 heavy (non-hydrogen) atoms. The molecule has 0 radical (unpaired) electrons. The number of nitrogens with zero attached hydrogens (tertiary/aromatic N) is 1. The van der Waals surface area contributed by atoms with Crippen LogP contribution in [-0.4, -0.2) is 29.9 Å². The highest BCUT2D eigenvalue weighted by atomic mass is 19.1. The Balaban J connectivity index is 2.21. The first-order valence-electron chi connectivity index (χ1n) is 5.39. The van der Waals surface area contributed by atoms with Crippen molar-refractivity contribution in [2.45, 2.75) is 19.4 Å². The number of halogens is 1. The smallest absolute Gasteiger partial charge is 0.256 e. The van der Waals surface area contributed by atoms with E-state index in [9.17, 15) is 9.18 Å². The molecule has 1 aliphatic heterocycles. The highest BCUT2D eigenvalue weighted by molar-refractivity contribution is 5.94. The van der Waals surface area contributed by atoms with Gasteiger partial charge in [-0.1, -0.05) is 6.07 Å². The summed E-state index contributed by atoms with van der Waals surface area (Å²) in [6.07, 6.45) is 0.791. The van der Waals surface area contributed by atoms with E-state index in [1.807, 2.05) is 0 Å². The molecule has 0 spiro atoms. The fourth-order valence-electron chi connectivity index (χ4n) is 1.94. The van der Waals surface area contributed by atoms with Gasteiger partial charge in [-0.25, -0.2) is 4.39 Å². The number of aryl methyl sites for hydroxylation is 1. The number of likely N-dealkylation sites (tertiary alicyclic amines) is 1. The van der Waals surface area contributed by atoms with E-state index in [-0.39, 0.29) is 17.5 Å². The second kappa shape index (κ2) is 4.22. The maximum absolute atomic E-state index is 13.6. The molecule has 0 saturated carbocycles. The normalized spacial score (nSPS) is 20.2. The predicted octanol–water partition coefficient (Wildman–Crippen LogP) is 1.31. The molecular weight excluding hydrogens is 207 g/mol. The second-order valence-electron chi connectivity index (χ2n) is 4.28. The van der Waals surface area contributed by atoms with Gasteiger partial charge in [0.15, 0.2) is 0 Å². The standard InChI is InChI=1S/C12H15FN2O/c1-8-2-3-10(11(13)6-8)12(16)15-5-4-9(14)7-15/h2-3,6,9H,4-5,7,14H2,1H3/t9-/m0/s1. The first-order chi connectivity index (χ1) is 7.58. The van der Waals surface area contributed by atoms with E-state index in [4.69, 9.17) is 5.73 Å². The minimum Gasteiger partial charge on any atom is -0.337 e. The van der Waals surface area contributed by atoms with Crippen LogP contribution in [0.2, 0.25) is 0 Å². The van der Waals surface area contributed by atoms with E-state index in [0.717, 1.165) is 12.0 Å². The van der Waals surface area contributed by atoms with Crippen molar-refractivity contribution in [3.05, 3.63) is 35.1 Å². The molecule has 1 aliphatic rings. The number of amides is 1. The minimum absolute atomic E-state index is 0.0254. The number of nitrogens with two attached hydrogens (primary N) is 1. The molecule has 1 saturated heterocycles. The summed E-state index contributed by atoms with van der Waals surface area (Å²) in [4.78, 5) is 13.6. The fraction of sp³-hybridized carbons (Fsp3) is 0.417. The third kappa shape index (κ3) is 2.07. The number of benzene rings is 1. The molecule has 2 N–H and O–H groups in total. The van der Waals surface area contributed by atoms with Crippen molar-refractivity contribution in [2.75, 3.05) is 13.1 Å². The topological polar surface area (TPSA) is 46.3 Å². The SMILES string of the molecule is Cc1ccc(C(=O)N2CC[C@H](N)C2)c(F)c1. The Morgan fingerprint density at radius 2 is 2.31 bits per heavy atom. The summed E-state index contributed by atoms with van der Waals surface area (Å²) in [6, 6.07) is 4.68. The van der Waals surface area contributed by atoms with Crippen LogP contribution in [0.25, 0.3) is 0 Å². The summed E-state index contributed by atoms with van der Waals surface area (Å²) in [7, 11) is 0. The van der Waals surface area contributed by atoms with Crippen LogP contribution in [0.3, 0.4) is 0 Å². The van der Waals surface area contributed by atoms with Crippen LogP contribution in [0, 0.1) is 12.7 Å². The van der Waals surface area contributed by atoms with Gasteiger partial charge in [0.2, 0.25) is 0 Å². The number of carbonyl (C=O) groups excluding carboxylic acids is 1. The Morgan fingerprint density at radius 3 is 2.88 bits per heavy atom. The van der Waals surface area contributed by atoms with Crippen molar-refractivity contribution in [3.63, 3.8) is 0 Å². The molecule has 0 unspecified atom stereocenters. The van der Waals surface area contributed by atoms with Gasteiger partial charge in [0.1, 0.15) is 5.82 Å². The molecule has 4 heteroatoms. The lowest BCUT2D eigenvalue weighted by Crippen LogP contribution is -2.32. The number of hydrogen-bond donors (Lipinski definition) is 1. The van der Waals surface area contributed by atoms with Gasteiger partial charge in [0, 0.05) is 19.1 Å². The lowest BCUT2D eigenvalue weighted by atomic mass is 10.1. The van der Waals surface area contributed by atoms with Gasteiger partial charge < -0.3 is 10.6 Å². The Bertz CT molecular complexity index is 419. The average molecular weight is 222 g/mol. The van der Waals surface area contributed by atoms with Crippen LogP contribution < -0.4 is 5.73 Å². The van der Waals surface area contributed by atoms with Crippen LogP contribution in [-0.2, 0) is 0 Å². The van der Waals surface area contributed by atoms with Crippen LogP contribution >= 0.6 is 0 Å². The Labute approximate surface area is 94.0 Å². The number of hydrogen-bond acceptors (Lipinski definition) is 2. The van der Waals surface area contributed by atoms with E-state index in [2.05, 4.69) is 0 Å². The van der Waals surface area contributed by atoms with Crippen LogP contribution in [0.15, 0.2) is 18.2 Å². The second-order valence-corrected chi connectivity index (χ2v) is 4.28. The average Bonchev–Trinajstić information content (AvgIpc) is 2.64. The van der Waals surface area contributed by atoms with Gasteiger partial charge >= 0.3 is 0 Å². The third-order valence-corrected chi connectivity index (χ3v) is 2.87.